The number of ether oxygens (including phenoxy) is 3. The molecule has 0 aliphatic carbocycles. The highest BCUT2D eigenvalue weighted by atomic mass is 16.5. The van der Waals surface area contributed by atoms with Crippen molar-refractivity contribution in [1.82, 2.24) is 4.90 Å². The Morgan fingerprint density at radius 3 is 2.50 bits per heavy atom. The molecule has 1 fully saturated rings. The first-order chi connectivity index (χ1) is 15.5. The second-order valence-electron chi connectivity index (χ2n) is 7.67. The Morgan fingerprint density at radius 2 is 1.81 bits per heavy atom. The lowest BCUT2D eigenvalue weighted by Gasteiger charge is -2.30. The SMILES string of the molecule is COc1ccc([C@H]2CCCN2CC(=O)N(CCC(N)=O)c2ccccc2OC)c(OC)c1. The van der Waals surface area contributed by atoms with Crippen molar-refractivity contribution in [2.24, 2.45) is 5.73 Å². The molecular weight excluding hydrogens is 410 g/mol. The zero-order chi connectivity index (χ0) is 23.1. The van der Waals surface area contributed by atoms with Gasteiger partial charge in [0.2, 0.25) is 11.8 Å². The molecule has 8 nitrogen and oxygen atoms in total. The number of nitrogens with zero attached hydrogens (tertiary/aromatic N) is 2. The van der Waals surface area contributed by atoms with Crippen molar-refractivity contribution in [2.75, 3.05) is 45.9 Å². The van der Waals surface area contributed by atoms with Gasteiger partial charge < -0.3 is 24.8 Å². The minimum absolute atomic E-state index is 0.0514. The summed E-state index contributed by atoms with van der Waals surface area (Å²) in [5.41, 5.74) is 7.02. The van der Waals surface area contributed by atoms with E-state index in [-0.39, 0.29) is 31.5 Å². The topological polar surface area (TPSA) is 94.3 Å². The van der Waals surface area contributed by atoms with Crippen LogP contribution in [0.5, 0.6) is 17.2 Å². The third kappa shape index (κ3) is 5.31. The number of carbonyl (C=O) groups is 2. The summed E-state index contributed by atoms with van der Waals surface area (Å²) < 4.78 is 16.3. The van der Waals surface area contributed by atoms with Crippen LogP contribution in [0.4, 0.5) is 5.69 Å². The number of hydrogen-bond acceptors (Lipinski definition) is 6. The molecule has 1 aliphatic rings. The van der Waals surface area contributed by atoms with E-state index in [0.717, 1.165) is 36.4 Å². The van der Waals surface area contributed by atoms with Gasteiger partial charge >= 0.3 is 0 Å². The number of amides is 2. The Hall–Kier alpha value is -3.26. The number of nitrogens with two attached hydrogens (primary N) is 1. The molecule has 32 heavy (non-hydrogen) atoms. The highest BCUT2D eigenvalue weighted by Gasteiger charge is 2.32. The van der Waals surface area contributed by atoms with Crippen molar-refractivity contribution < 1.29 is 23.8 Å². The first-order valence-electron chi connectivity index (χ1n) is 10.7. The van der Waals surface area contributed by atoms with Gasteiger partial charge in [-0.1, -0.05) is 18.2 Å². The lowest BCUT2D eigenvalue weighted by molar-refractivity contribution is -0.120. The van der Waals surface area contributed by atoms with Gasteiger partial charge in [0.05, 0.1) is 33.6 Å². The van der Waals surface area contributed by atoms with Crippen molar-refractivity contribution in [3.63, 3.8) is 0 Å². The van der Waals surface area contributed by atoms with E-state index in [2.05, 4.69) is 4.90 Å². The van der Waals surface area contributed by atoms with E-state index < -0.39 is 5.91 Å². The fourth-order valence-electron chi connectivity index (χ4n) is 4.17. The summed E-state index contributed by atoms with van der Waals surface area (Å²) in [6, 6.07) is 13.1. The highest BCUT2D eigenvalue weighted by molar-refractivity contribution is 5.96. The number of primary amides is 1. The zero-order valence-corrected chi connectivity index (χ0v) is 18.9. The van der Waals surface area contributed by atoms with E-state index in [1.54, 1.807) is 32.3 Å². The van der Waals surface area contributed by atoms with Crippen molar-refractivity contribution in [1.29, 1.82) is 0 Å². The summed E-state index contributed by atoms with van der Waals surface area (Å²) in [7, 11) is 4.81. The molecule has 172 valence electrons. The molecule has 3 rings (SSSR count). The molecule has 0 saturated carbocycles. The summed E-state index contributed by atoms with van der Waals surface area (Å²) in [4.78, 5) is 28.6. The smallest absolute Gasteiger partial charge is 0.241 e. The predicted octanol–water partition coefficient (Wildman–Crippen LogP) is 2.76. The van der Waals surface area contributed by atoms with Gasteiger partial charge in [0.1, 0.15) is 17.2 Å². The molecule has 2 aromatic rings. The first kappa shape index (κ1) is 23.4. The number of rotatable bonds is 10. The van der Waals surface area contributed by atoms with Gasteiger partial charge in [0.25, 0.3) is 0 Å². The van der Waals surface area contributed by atoms with Gasteiger partial charge in [-0.3, -0.25) is 14.5 Å². The van der Waals surface area contributed by atoms with Crippen molar-refractivity contribution in [3.8, 4) is 17.2 Å². The van der Waals surface area contributed by atoms with Gasteiger partial charge in [-0.05, 0) is 37.6 Å². The number of likely N-dealkylation sites (tertiary alicyclic amines) is 1. The van der Waals surface area contributed by atoms with Crippen LogP contribution >= 0.6 is 0 Å². The lowest BCUT2D eigenvalue weighted by atomic mass is 10.0. The van der Waals surface area contributed by atoms with Crippen LogP contribution in [0.15, 0.2) is 42.5 Å². The van der Waals surface area contributed by atoms with Crippen LogP contribution in [0.3, 0.4) is 0 Å². The highest BCUT2D eigenvalue weighted by Crippen LogP contribution is 2.39. The fraction of sp³-hybridized carbons (Fsp3) is 0.417. The fourth-order valence-corrected chi connectivity index (χ4v) is 4.17. The first-order valence-corrected chi connectivity index (χ1v) is 10.7. The molecular formula is C24H31N3O5. The van der Waals surface area contributed by atoms with Crippen LogP contribution in [0.25, 0.3) is 0 Å². The standard InChI is InChI=1S/C24H31N3O5/c1-30-17-10-11-18(22(15-17)32-3)19-8-6-13-26(19)16-24(29)27(14-12-23(25)28)20-7-4-5-9-21(20)31-2/h4-5,7,9-11,15,19H,6,8,12-14,16H2,1-3H3,(H2,25,28)/t19-/m1/s1. The van der Waals surface area contributed by atoms with Crippen LogP contribution in [0, 0.1) is 0 Å². The lowest BCUT2D eigenvalue weighted by Crippen LogP contribution is -2.42. The molecule has 1 saturated heterocycles. The van der Waals surface area contributed by atoms with Crippen LogP contribution in [-0.2, 0) is 9.59 Å². The molecule has 2 aromatic carbocycles. The van der Waals surface area contributed by atoms with Gasteiger partial charge in [0.15, 0.2) is 0 Å². The van der Waals surface area contributed by atoms with Crippen LogP contribution < -0.4 is 24.8 Å². The zero-order valence-electron chi connectivity index (χ0n) is 18.9. The Labute approximate surface area is 188 Å². The summed E-state index contributed by atoms with van der Waals surface area (Å²) >= 11 is 0. The Balaban J connectivity index is 1.84. The number of anilines is 1. The van der Waals surface area contributed by atoms with Crippen molar-refractivity contribution in [3.05, 3.63) is 48.0 Å². The third-order valence-corrected chi connectivity index (χ3v) is 5.76. The number of benzene rings is 2. The maximum atomic E-state index is 13.4. The van der Waals surface area contributed by atoms with Gasteiger partial charge in [0, 0.05) is 30.6 Å². The summed E-state index contributed by atoms with van der Waals surface area (Å²) in [5, 5.41) is 0. The molecule has 0 radical (unpaired) electrons. The predicted molar refractivity (Wildman–Crippen MR) is 122 cm³/mol. The monoisotopic (exact) mass is 441 g/mol. The molecule has 8 heteroatoms. The van der Waals surface area contributed by atoms with E-state index in [9.17, 15) is 9.59 Å². The quantitative estimate of drug-likeness (QED) is 0.609. The number of para-hydroxylation sites is 2. The van der Waals surface area contributed by atoms with Crippen molar-refractivity contribution in [2.45, 2.75) is 25.3 Å². The minimum atomic E-state index is -0.459. The Bertz CT molecular complexity index is 949. The van der Waals surface area contributed by atoms with E-state index in [0.29, 0.717) is 11.4 Å². The normalized spacial score (nSPS) is 15.9. The van der Waals surface area contributed by atoms with E-state index >= 15 is 0 Å². The summed E-state index contributed by atoms with van der Waals surface area (Å²) in [6.07, 6.45) is 1.97. The van der Waals surface area contributed by atoms with Gasteiger partial charge in [-0.15, -0.1) is 0 Å². The Kier molecular flexibility index (Phi) is 7.94. The molecule has 0 unspecified atom stereocenters. The average molecular weight is 442 g/mol. The minimum Gasteiger partial charge on any atom is -0.497 e. The van der Waals surface area contributed by atoms with Gasteiger partial charge in [-0.25, -0.2) is 0 Å². The van der Waals surface area contributed by atoms with E-state index in [1.807, 2.05) is 36.4 Å². The molecule has 2 N–H and O–H groups in total. The molecule has 0 spiro atoms. The largest absolute Gasteiger partial charge is 0.497 e. The molecule has 0 bridgehead atoms. The third-order valence-electron chi connectivity index (χ3n) is 5.76. The molecule has 0 aromatic heterocycles. The maximum Gasteiger partial charge on any atom is 0.241 e. The maximum absolute atomic E-state index is 13.4. The average Bonchev–Trinajstić information content (AvgIpc) is 3.26. The molecule has 1 aliphatic heterocycles. The van der Waals surface area contributed by atoms with Crippen LogP contribution in [-0.4, -0.2) is 57.7 Å². The number of methoxy groups -OCH3 is 3. The summed E-state index contributed by atoms with van der Waals surface area (Å²) in [5.74, 6) is 1.46. The Morgan fingerprint density at radius 1 is 1.06 bits per heavy atom. The van der Waals surface area contributed by atoms with E-state index in [4.69, 9.17) is 19.9 Å². The number of carbonyl (C=O) groups excluding carboxylic acids is 2. The summed E-state index contributed by atoms with van der Waals surface area (Å²) in [6.45, 7) is 1.19. The van der Waals surface area contributed by atoms with Crippen LogP contribution in [0.2, 0.25) is 0 Å². The number of hydrogen-bond donors (Lipinski definition) is 1. The van der Waals surface area contributed by atoms with Gasteiger partial charge in [-0.2, -0.15) is 0 Å². The molecule has 2 amide bonds. The van der Waals surface area contributed by atoms with Crippen LogP contribution in [0.1, 0.15) is 30.9 Å². The van der Waals surface area contributed by atoms with Crippen molar-refractivity contribution >= 4 is 17.5 Å². The van der Waals surface area contributed by atoms with E-state index in [1.165, 1.54) is 0 Å². The molecule has 1 heterocycles. The second-order valence-corrected chi connectivity index (χ2v) is 7.67. The molecule has 1 atom stereocenters. The second kappa shape index (κ2) is 10.9.